The van der Waals surface area contributed by atoms with Crippen LogP contribution in [-0.2, 0) is 9.53 Å². The number of hydrogen-bond donors (Lipinski definition) is 2. The number of carbonyl (C=O) groups is 1. The molecule has 17 heavy (non-hydrogen) atoms. The van der Waals surface area contributed by atoms with E-state index in [0.717, 1.165) is 25.7 Å². The van der Waals surface area contributed by atoms with Crippen LogP contribution in [0.2, 0.25) is 0 Å². The third-order valence-electron chi connectivity index (χ3n) is 3.20. The van der Waals surface area contributed by atoms with Crippen LogP contribution in [-0.4, -0.2) is 35.9 Å². The van der Waals surface area contributed by atoms with Gasteiger partial charge in [-0.1, -0.05) is 13.3 Å². The minimum Gasteiger partial charge on any atom is -0.391 e. The fourth-order valence-electron chi connectivity index (χ4n) is 2.42. The van der Waals surface area contributed by atoms with Crippen molar-refractivity contribution in [2.45, 2.75) is 64.8 Å². The van der Waals surface area contributed by atoms with E-state index >= 15 is 0 Å². The molecule has 0 aromatic carbocycles. The van der Waals surface area contributed by atoms with Crippen molar-refractivity contribution in [1.29, 1.82) is 0 Å². The van der Waals surface area contributed by atoms with Gasteiger partial charge >= 0.3 is 0 Å². The van der Waals surface area contributed by atoms with Gasteiger partial charge in [0, 0.05) is 12.5 Å². The maximum Gasteiger partial charge on any atom is 0.223 e. The van der Waals surface area contributed by atoms with Crippen molar-refractivity contribution in [2.24, 2.45) is 5.92 Å². The zero-order valence-electron chi connectivity index (χ0n) is 11.1. The van der Waals surface area contributed by atoms with Crippen molar-refractivity contribution in [2.75, 3.05) is 6.54 Å². The van der Waals surface area contributed by atoms with Crippen LogP contribution < -0.4 is 5.32 Å². The van der Waals surface area contributed by atoms with E-state index < -0.39 is 6.10 Å². The van der Waals surface area contributed by atoms with Gasteiger partial charge in [-0.15, -0.1) is 0 Å². The maximum atomic E-state index is 11.9. The molecule has 1 aliphatic rings. The monoisotopic (exact) mass is 243 g/mol. The number of rotatable bonds is 5. The minimum atomic E-state index is -0.418. The normalized spacial score (nSPS) is 30.9. The van der Waals surface area contributed by atoms with E-state index in [-0.39, 0.29) is 24.0 Å². The number of amides is 1. The number of hydrogen-bond acceptors (Lipinski definition) is 3. The van der Waals surface area contributed by atoms with Gasteiger partial charge in [-0.25, -0.2) is 0 Å². The summed E-state index contributed by atoms with van der Waals surface area (Å²) in [7, 11) is 0. The first kappa shape index (κ1) is 14.5. The maximum absolute atomic E-state index is 11.9. The summed E-state index contributed by atoms with van der Waals surface area (Å²) in [6.07, 6.45) is 3.10. The molecule has 2 N–H and O–H groups in total. The summed E-state index contributed by atoms with van der Waals surface area (Å²) < 4.78 is 5.60. The molecule has 3 unspecified atom stereocenters. The molecule has 0 saturated carbocycles. The fourth-order valence-corrected chi connectivity index (χ4v) is 2.42. The number of nitrogens with one attached hydrogen (secondary N) is 1. The van der Waals surface area contributed by atoms with Crippen LogP contribution in [0.5, 0.6) is 0 Å². The van der Waals surface area contributed by atoms with Gasteiger partial charge in [0.05, 0.1) is 18.3 Å². The molecule has 3 atom stereocenters. The number of aliphatic hydroxyl groups excluding tert-OH is 1. The van der Waals surface area contributed by atoms with Crippen LogP contribution >= 0.6 is 0 Å². The van der Waals surface area contributed by atoms with Gasteiger partial charge in [0.1, 0.15) is 0 Å². The Bertz CT molecular complexity index is 235. The molecular weight excluding hydrogens is 218 g/mol. The topological polar surface area (TPSA) is 58.6 Å². The summed E-state index contributed by atoms with van der Waals surface area (Å²) in [5.74, 6) is 0.0877. The molecule has 4 nitrogen and oxygen atoms in total. The summed E-state index contributed by atoms with van der Waals surface area (Å²) in [6.45, 7) is 6.39. The highest BCUT2D eigenvalue weighted by Crippen LogP contribution is 2.24. The van der Waals surface area contributed by atoms with E-state index in [2.05, 4.69) is 5.32 Å². The van der Waals surface area contributed by atoms with Crippen molar-refractivity contribution in [3.63, 3.8) is 0 Å². The molecule has 0 bridgehead atoms. The van der Waals surface area contributed by atoms with E-state index in [1.165, 1.54) is 0 Å². The zero-order valence-corrected chi connectivity index (χ0v) is 11.1. The van der Waals surface area contributed by atoms with E-state index in [4.69, 9.17) is 4.74 Å². The van der Waals surface area contributed by atoms with Crippen LogP contribution in [0.1, 0.15) is 46.5 Å². The number of aliphatic hydroxyl groups is 1. The molecule has 1 amide bonds. The summed E-state index contributed by atoms with van der Waals surface area (Å²) in [6, 6.07) is 0. The summed E-state index contributed by atoms with van der Waals surface area (Å²) in [4.78, 5) is 11.9. The lowest BCUT2D eigenvalue weighted by molar-refractivity contribution is -0.133. The highest BCUT2D eigenvalue weighted by molar-refractivity contribution is 5.78. The molecule has 100 valence electrons. The molecule has 1 fully saturated rings. The third kappa shape index (κ3) is 5.04. The highest BCUT2D eigenvalue weighted by atomic mass is 16.5. The Morgan fingerprint density at radius 2 is 2.00 bits per heavy atom. The van der Waals surface area contributed by atoms with Gasteiger partial charge in [-0.3, -0.25) is 4.79 Å². The number of ether oxygens (including phenoxy) is 1. The molecule has 1 rings (SSSR count). The van der Waals surface area contributed by atoms with Gasteiger partial charge < -0.3 is 15.2 Å². The van der Waals surface area contributed by atoms with E-state index in [1.54, 1.807) is 0 Å². The smallest absolute Gasteiger partial charge is 0.223 e. The van der Waals surface area contributed by atoms with Crippen molar-refractivity contribution < 1.29 is 14.6 Å². The summed E-state index contributed by atoms with van der Waals surface area (Å²) in [5.41, 5.74) is 0. The lowest BCUT2D eigenvalue weighted by atomic mass is 9.92. The van der Waals surface area contributed by atoms with Gasteiger partial charge in [-0.2, -0.15) is 0 Å². The lowest BCUT2D eigenvalue weighted by Crippen LogP contribution is -2.41. The van der Waals surface area contributed by atoms with Crippen molar-refractivity contribution >= 4 is 5.91 Å². The molecule has 0 radical (unpaired) electrons. The van der Waals surface area contributed by atoms with Crippen molar-refractivity contribution in [1.82, 2.24) is 5.32 Å². The van der Waals surface area contributed by atoms with Crippen LogP contribution in [0.3, 0.4) is 0 Å². The van der Waals surface area contributed by atoms with Crippen LogP contribution in [0, 0.1) is 5.92 Å². The Balaban J connectivity index is 2.31. The first-order valence-corrected chi connectivity index (χ1v) is 6.64. The molecule has 1 heterocycles. The van der Waals surface area contributed by atoms with Crippen LogP contribution in [0.4, 0.5) is 0 Å². The average molecular weight is 243 g/mol. The van der Waals surface area contributed by atoms with Crippen molar-refractivity contribution in [3.05, 3.63) is 0 Å². The van der Waals surface area contributed by atoms with Gasteiger partial charge in [0.15, 0.2) is 0 Å². The Morgan fingerprint density at radius 1 is 1.41 bits per heavy atom. The molecule has 1 aliphatic heterocycles. The Hall–Kier alpha value is -0.610. The summed E-state index contributed by atoms with van der Waals surface area (Å²) >= 11 is 0. The number of carbonyl (C=O) groups excluding carboxylic acids is 1. The van der Waals surface area contributed by atoms with Gasteiger partial charge in [0.25, 0.3) is 0 Å². The third-order valence-corrected chi connectivity index (χ3v) is 3.20. The predicted molar refractivity (Wildman–Crippen MR) is 66.7 cm³/mol. The zero-order chi connectivity index (χ0) is 12.8. The second-order valence-corrected chi connectivity index (χ2v) is 5.11. The Labute approximate surface area is 104 Å². The molecule has 1 saturated heterocycles. The summed E-state index contributed by atoms with van der Waals surface area (Å²) in [5, 5.41) is 12.4. The second kappa shape index (κ2) is 6.97. The van der Waals surface area contributed by atoms with E-state index in [9.17, 15) is 9.90 Å². The molecule has 0 aromatic heterocycles. The average Bonchev–Trinajstić information content (AvgIpc) is 2.25. The first-order valence-electron chi connectivity index (χ1n) is 6.64. The minimum absolute atomic E-state index is 0.0302. The van der Waals surface area contributed by atoms with Gasteiger partial charge in [0.2, 0.25) is 5.91 Å². The van der Waals surface area contributed by atoms with E-state index in [1.807, 2.05) is 20.8 Å². The molecule has 0 aromatic rings. The Kier molecular flexibility index (Phi) is 5.92. The molecule has 0 aliphatic carbocycles. The Morgan fingerprint density at radius 3 is 2.53 bits per heavy atom. The second-order valence-electron chi connectivity index (χ2n) is 5.11. The fraction of sp³-hybridized carbons (Fsp3) is 0.923. The quantitative estimate of drug-likeness (QED) is 0.768. The standard InChI is InChI=1S/C13H25NO3/c1-4-5-12(15)8-14-13(16)11-6-9(2)17-10(3)7-11/h9-12,15H,4-8H2,1-3H3,(H,14,16). The largest absolute Gasteiger partial charge is 0.391 e. The van der Waals surface area contributed by atoms with Gasteiger partial charge in [-0.05, 0) is 33.1 Å². The molecule has 0 spiro atoms. The van der Waals surface area contributed by atoms with Crippen molar-refractivity contribution in [3.8, 4) is 0 Å². The SMILES string of the molecule is CCCC(O)CNC(=O)C1CC(C)OC(C)C1. The molecular formula is C13H25NO3. The van der Waals surface area contributed by atoms with Crippen LogP contribution in [0.15, 0.2) is 0 Å². The first-order chi connectivity index (χ1) is 8.02. The van der Waals surface area contributed by atoms with Crippen LogP contribution in [0.25, 0.3) is 0 Å². The lowest BCUT2D eigenvalue weighted by Gasteiger charge is -2.31. The predicted octanol–water partition coefficient (Wildman–Crippen LogP) is 1.47. The highest BCUT2D eigenvalue weighted by Gasteiger charge is 2.29. The van der Waals surface area contributed by atoms with E-state index in [0.29, 0.717) is 6.54 Å². The molecule has 4 heteroatoms.